The molecule has 1 heterocycles. The van der Waals surface area contributed by atoms with Crippen molar-refractivity contribution in [3.8, 4) is 0 Å². The highest BCUT2D eigenvalue weighted by Gasteiger charge is 2.17. The molecule has 1 saturated heterocycles. The van der Waals surface area contributed by atoms with Crippen molar-refractivity contribution < 1.29 is 30.6 Å². The van der Waals surface area contributed by atoms with E-state index in [1.54, 1.807) is 6.08 Å². The number of rotatable bonds is 6. The Hall–Kier alpha value is -2.03. The minimum atomic E-state index is -3.89. The van der Waals surface area contributed by atoms with Gasteiger partial charge in [-0.25, -0.2) is 0 Å². The molecule has 1 fully saturated rings. The van der Waals surface area contributed by atoms with E-state index in [-0.39, 0.29) is 23.0 Å². The number of non-ortho nitro benzene ring substituents is 1. The lowest BCUT2D eigenvalue weighted by Crippen LogP contribution is -3.10. The number of nitrogens with zero attached hydrogens (tertiary/aromatic N) is 2. The van der Waals surface area contributed by atoms with Crippen LogP contribution in [0.25, 0.3) is 0 Å². The van der Waals surface area contributed by atoms with Gasteiger partial charge in [-0.05, 0) is 51.3 Å². The van der Waals surface area contributed by atoms with Crippen molar-refractivity contribution in [2.24, 2.45) is 4.40 Å². The summed E-state index contributed by atoms with van der Waals surface area (Å²) in [4.78, 5) is 11.3. The number of nitrogens with one attached hydrogen (secondary N) is 1. The minimum absolute atomic E-state index is 0. The van der Waals surface area contributed by atoms with E-state index in [0.717, 1.165) is 49.3 Å². The third-order valence-electron chi connectivity index (χ3n) is 4.11. The van der Waals surface area contributed by atoms with Crippen molar-refractivity contribution in [1.82, 2.24) is 0 Å². The first-order valence-corrected chi connectivity index (χ1v) is 9.98. The summed E-state index contributed by atoms with van der Waals surface area (Å²) in [6.07, 6.45) is 8.62. The SMILES string of the molecule is CC(C)=C/C(=C\C=N\S(=O)(=O)c1ccc([N+](=O)[O-])cc1)[NH+]1CCCCC1.[Cl-]. The topological polar surface area (TPSA) is 94.1 Å². The molecule has 0 aromatic heterocycles. The van der Waals surface area contributed by atoms with Crippen LogP contribution in [0.15, 0.2) is 57.0 Å². The summed E-state index contributed by atoms with van der Waals surface area (Å²) in [5, 5.41) is 10.7. The quantitative estimate of drug-likeness (QED) is 0.288. The Morgan fingerprint density at radius 2 is 1.74 bits per heavy atom. The van der Waals surface area contributed by atoms with E-state index in [4.69, 9.17) is 0 Å². The first kappa shape index (κ1) is 23.0. The van der Waals surface area contributed by atoms with Crippen LogP contribution in [0, 0.1) is 10.1 Å². The van der Waals surface area contributed by atoms with Gasteiger partial charge in [-0.15, -0.1) is 0 Å². The van der Waals surface area contributed by atoms with Crippen LogP contribution in [0.1, 0.15) is 33.1 Å². The van der Waals surface area contributed by atoms with E-state index in [1.165, 1.54) is 29.7 Å². The summed E-state index contributed by atoms with van der Waals surface area (Å²) in [5.74, 6) is 0. The van der Waals surface area contributed by atoms with Gasteiger partial charge in [-0.3, -0.25) is 10.1 Å². The van der Waals surface area contributed by atoms with E-state index in [9.17, 15) is 18.5 Å². The maximum Gasteiger partial charge on any atom is 0.282 e. The molecular formula is C18H24ClN3O4S. The Morgan fingerprint density at radius 3 is 2.26 bits per heavy atom. The number of piperidine rings is 1. The molecule has 1 aliphatic rings. The predicted molar refractivity (Wildman–Crippen MR) is 101 cm³/mol. The van der Waals surface area contributed by atoms with Crippen LogP contribution in [0.5, 0.6) is 0 Å². The third kappa shape index (κ3) is 6.89. The monoisotopic (exact) mass is 413 g/mol. The molecule has 2 rings (SSSR count). The number of hydrogen-bond donors (Lipinski definition) is 1. The molecule has 0 atom stereocenters. The van der Waals surface area contributed by atoms with Gasteiger partial charge in [-0.2, -0.15) is 12.8 Å². The van der Waals surface area contributed by atoms with Crippen molar-refractivity contribution in [2.75, 3.05) is 13.1 Å². The number of quaternary nitrogens is 1. The zero-order valence-corrected chi connectivity index (χ0v) is 17.0. The van der Waals surface area contributed by atoms with Crippen LogP contribution >= 0.6 is 0 Å². The zero-order valence-electron chi connectivity index (χ0n) is 15.4. The fraction of sp³-hybridized carbons (Fsp3) is 0.389. The number of hydrogen-bond acceptors (Lipinski definition) is 4. The number of benzene rings is 1. The van der Waals surface area contributed by atoms with E-state index in [2.05, 4.69) is 4.40 Å². The summed E-state index contributed by atoms with van der Waals surface area (Å²) in [7, 11) is -3.89. The molecule has 0 spiro atoms. The summed E-state index contributed by atoms with van der Waals surface area (Å²) in [5.41, 5.74) is 2.00. The number of halogens is 1. The highest BCUT2D eigenvalue weighted by Crippen LogP contribution is 2.17. The average molecular weight is 414 g/mol. The van der Waals surface area contributed by atoms with Gasteiger partial charge in [0.25, 0.3) is 15.7 Å². The predicted octanol–water partition coefficient (Wildman–Crippen LogP) is -0.723. The molecule has 0 saturated carbocycles. The molecule has 0 unspecified atom stereocenters. The molecule has 148 valence electrons. The fourth-order valence-electron chi connectivity index (χ4n) is 2.84. The number of likely N-dealkylation sites (tertiary alicyclic amines) is 1. The second-order valence-corrected chi connectivity index (χ2v) is 8.12. The van der Waals surface area contributed by atoms with Crippen LogP contribution in [0.3, 0.4) is 0 Å². The number of sulfonamides is 1. The first-order valence-electron chi connectivity index (χ1n) is 8.54. The Kier molecular flexibility index (Phi) is 8.81. The Bertz CT molecular complexity index is 836. The molecule has 27 heavy (non-hydrogen) atoms. The second-order valence-electron chi connectivity index (χ2n) is 6.49. The summed E-state index contributed by atoms with van der Waals surface area (Å²) >= 11 is 0. The Balaban J connectivity index is 0.00000364. The number of nitro groups is 1. The van der Waals surface area contributed by atoms with Gasteiger partial charge in [0.2, 0.25) is 0 Å². The van der Waals surface area contributed by atoms with Crippen molar-refractivity contribution in [3.05, 3.63) is 57.8 Å². The van der Waals surface area contributed by atoms with Gasteiger partial charge in [-0.1, -0.05) is 5.57 Å². The lowest BCUT2D eigenvalue weighted by molar-refractivity contribution is -0.862. The maximum atomic E-state index is 12.3. The van der Waals surface area contributed by atoms with E-state index >= 15 is 0 Å². The molecule has 1 aliphatic heterocycles. The van der Waals surface area contributed by atoms with Gasteiger partial charge in [0, 0.05) is 24.4 Å². The van der Waals surface area contributed by atoms with Crippen molar-refractivity contribution in [1.29, 1.82) is 0 Å². The summed E-state index contributed by atoms with van der Waals surface area (Å²) in [6.45, 7) is 6.06. The molecule has 1 N–H and O–H groups in total. The fourth-order valence-corrected chi connectivity index (χ4v) is 3.66. The Morgan fingerprint density at radius 1 is 1.15 bits per heavy atom. The van der Waals surface area contributed by atoms with Crippen LogP contribution in [0.4, 0.5) is 5.69 Å². The maximum absolute atomic E-state index is 12.3. The lowest BCUT2D eigenvalue weighted by Gasteiger charge is -2.23. The van der Waals surface area contributed by atoms with Crippen molar-refractivity contribution in [3.63, 3.8) is 0 Å². The molecule has 0 amide bonds. The van der Waals surface area contributed by atoms with E-state index in [0.29, 0.717) is 0 Å². The van der Waals surface area contributed by atoms with Crippen molar-refractivity contribution in [2.45, 2.75) is 38.0 Å². The van der Waals surface area contributed by atoms with Gasteiger partial charge in [0.05, 0.1) is 22.9 Å². The minimum Gasteiger partial charge on any atom is -1.00 e. The molecule has 7 nitrogen and oxygen atoms in total. The van der Waals surface area contributed by atoms with E-state index < -0.39 is 14.9 Å². The number of nitro benzene ring substituents is 1. The first-order chi connectivity index (χ1) is 12.3. The molecular weight excluding hydrogens is 390 g/mol. The Labute approximate surface area is 166 Å². The second kappa shape index (κ2) is 10.3. The van der Waals surface area contributed by atoms with Gasteiger partial charge >= 0.3 is 0 Å². The summed E-state index contributed by atoms with van der Waals surface area (Å²) < 4.78 is 28.2. The molecule has 0 bridgehead atoms. The smallest absolute Gasteiger partial charge is 0.282 e. The molecule has 9 heteroatoms. The molecule has 0 aliphatic carbocycles. The van der Waals surface area contributed by atoms with Gasteiger partial charge in [0.15, 0.2) is 0 Å². The van der Waals surface area contributed by atoms with Crippen molar-refractivity contribution >= 4 is 21.9 Å². The molecule has 1 aromatic carbocycles. The van der Waals surface area contributed by atoms with Crippen LogP contribution in [-0.4, -0.2) is 32.6 Å². The summed E-state index contributed by atoms with van der Waals surface area (Å²) in [6, 6.07) is 4.71. The standard InChI is InChI=1S/C18H23N3O4S.ClH/c1-15(2)14-17(20-12-4-3-5-13-20)10-11-19-26(24,25)18-8-6-16(7-9-18)21(22)23;/h6-11,14H,3-5,12-13H2,1-2H3;1H/b17-10+,19-11+;. The van der Waals surface area contributed by atoms with Crippen LogP contribution in [0.2, 0.25) is 0 Å². The van der Waals surface area contributed by atoms with Crippen LogP contribution < -0.4 is 17.3 Å². The normalized spacial score (nSPS) is 16.0. The number of allylic oxidation sites excluding steroid dienone is 3. The highest BCUT2D eigenvalue weighted by molar-refractivity contribution is 7.90. The zero-order chi connectivity index (χ0) is 19.2. The molecule has 0 radical (unpaired) electrons. The largest absolute Gasteiger partial charge is 1.00 e. The lowest BCUT2D eigenvalue weighted by atomic mass is 10.1. The average Bonchev–Trinajstić information content (AvgIpc) is 2.61. The van der Waals surface area contributed by atoms with Gasteiger partial charge < -0.3 is 17.3 Å². The van der Waals surface area contributed by atoms with E-state index in [1.807, 2.05) is 19.9 Å². The third-order valence-corrected chi connectivity index (χ3v) is 5.38. The molecule has 1 aromatic rings. The highest BCUT2D eigenvalue weighted by atomic mass is 35.5. The van der Waals surface area contributed by atoms with Crippen LogP contribution in [-0.2, 0) is 10.0 Å². The van der Waals surface area contributed by atoms with Gasteiger partial charge in [0.1, 0.15) is 5.70 Å².